The average molecular weight is 406 g/mol. The fourth-order valence-electron chi connectivity index (χ4n) is 3.04. The molecule has 3 rings (SSSR count). The van der Waals surface area contributed by atoms with Gasteiger partial charge in [-0.2, -0.15) is 0 Å². The number of nitrogens with zero attached hydrogens (tertiary/aromatic N) is 2. The molecule has 0 saturated heterocycles. The maximum absolute atomic E-state index is 12.5. The molecule has 1 aromatic carbocycles. The van der Waals surface area contributed by atoms with Gasteiger partial charge < -0.3 is 9.73 Å². The van der Waals surface area contributed by atoms with E-state index in [1.165, 1.54) is 5.56 Å². The normalized spacial score (nSPS) is 10.8. The Balaban J connectivity index is 1.76. The van der Waals surface area contributed by atoms with Crippen LogP contribution in [0.3, 0.4) is 0 Å². The van der Waals surface area contributed by atoms with Gasteiger partial charge in [0.25, 0.3) is 0 Å². The SMILES string of the molecule is CCC(=O)c1ncc(-c2cccc(CC)c2)cc1NC(=O)CNCc1ncc(C)o1. The van der Waals surface area contributed by atoms with Crippen LogP contribution >= 0.6 is 0 Å². The van der Waals surface area contributed by atoms with E-state index in [-0.39, 0.29) is 23.9 Å². The molecule has 0 saturated carbocycles. The molecule has 1 amide bonds. The number of nitrogens with one attached hydrogen (secondary N) is 2. The number of hydrogen-bond donors (Lipinski definition) is 2. The number of carbonyl (C=O) groups is 2. The van der Waals surface area contributed by atoms with E-state index in [0.717, 1.165) is 17.5 Å². The molecule has 3 aromatic rings. The molecule has 2 aromatic heterocycles. The fraction of sp³-hybridized carbons (Fsp3) is 0.304. The zero-order valence-electron chi connectivity index (χ0n) is 17.5. The van der Waals surface area contributed by atoms with E-state index in [1.54, 1.807) is 25.4 Å². The predicted molar refractivity (Wildman–Crippen MR) is 115 cm³/mol. The molecule has 0 unspecified atom stereocenters. The number of anilines is 1. The van der Waals surface area contributed by atoms with Gasteiger partial charge in [0.15, 0.2) is 5.78 Å². The third-order valence-electron chi connectivity index (χ3n) is 4.65. The van der Waals surface area contributed by atoms with E-state index in [9.17, 15) is 9.59 Å². The highest BCUT2D eigenvalue weighted by Gasteiger charge is 2.15. The number of aromatic nitrogens is 2. The van der Waals surface area contributed by atoms with E-state index < -0.39 is 0 Å². The fourth-order valence-corrected chi connectivity index (χ4v) is 3.04. The van der Waals surface area contributed by atoms with E-state index in [1.807, 2.05) is 19.1 Å². The number of ketones is 1. The zero-order chi connectivity index (χ0) is 21.5. The number of aryl methyl sites for hydroxylation is 2. The van der Waals surface area contributed by atoms with Gasteiger partial charge in [-0.05, 0) is 30.5 Å². The maximum Gasteiger partial charge on any atom is 0.238 e. The predicted octanol–water partition coefficient (Wildman–Crippen LogP) is 3.93. The lowest BCUT2D eigenvalue weighted by Gasteiger charge is -2.12. The molecule has 0 atom stereocenters. The van der Waals surface area contributed by atoms with Crippen molar-refractivity contribution >= 4 is 17.4 Å². The van der Waals surface area contributed by atoms with Crippen LogP contribution in [-0.2, 0) is 17.8 Å². The first kappa shape index (κ1) is 21.4. The Kier molecular flexibility index (Phi) is 7.08. The Morgan fingerprint density at radius 3 is 2.60 bits per heavy atom. The summed E-state index contributed by atoms with van der Waals surface area (Å²) in [5.74, 6) is 0.836. The number of oxazole rings is 1. The lowest BCUT2D eigenvalue weighted by molar-refractivity contribution is -0.115. The number of pyridine rings is 1. The smallest absolute Gasteiger partial charge is 0.238 e. The van der Waals surface area contributed by atoms with Crippen molar-refractivity contribution in [1.82, 2.24) is 15.3 Å². The average Bonchev–Trinajstić information content (AvgIpc) is 3.18. The first-order chi connectivity index (χ1) is 14.5. The quantitative estimate of drug-likeness (QED) is 0.523. The van der Waals surface area contributed by atoms with Crippen molar-refractivity contribution in [1.29, 1.82) is 0 Å². The van der Waals surface area contributed by atoms with Crippen LogP contribution < -0.4 is 10.6 Å². The highest BCUT2D eigenvalue weighted by Crippen LogP contribution is 2.26. The van der Waals surface area contributed by atoms with Gasteiger partial charge in [-0.1, -0.05) is 38.1 Å². The minimum atomic E-state index is -0.273. The summed E-state index contributed by atoms with van der Waals surface area (Å²) in [6.45, 7) is 6.07. The molecule has 0 bridgehead atoms. The van der Waals surface area contributed by atoms with Crippen molar-refractivity contribution in [2.24, 2.45) is 0 Å². The first-order valence-electron chi connectivity index (χ1n) is 10.0. The molecule has 156 valence electrons. The number of benzene rings is 1. The Bertz CT molecular complexity index is 1040. The van der Waals surface area contributed by atoms with Gasteiger partial charge in [0.1, 0.15) is 11.5 Å². The molecule has 0 radical (unpaired) electrons. The lowest BCUT2D eigenvalue weighted by Crippen LogP contribution is -2.28. The summed E-state index contributed by atoms with van der Waals surface area (Å²) in [5, 5.41) is 5.81. The maximum atomic E-state index is 12.5. The molecule has 7 heteroatoms. The summed E-state index contributed by atoms with van der Waals surface area (Å²) in [5.41, 5.74) is 3.73. The lowest BCUT2D eigenvalue weighted by atomic mass is 10.0. The first-order valence-corrected chi connectivity index (χ1v) is 10.0. The van der Waals surface area contributed by atoms with Crippen molar-refractivity contribution in [2.75, 3.05) is 11.9 Å². The van der Waals surface area contributed by atoms with Gasteiger partial charge in [0.2, 0.25) is 11.8 Å². The highest BCUT2D eigenvalue weighted by molar-refractivity contribution is 6.04. The second-order valence-electron chi connectivity index (χ2n) is 6.97. The number of Topliss-reactive ketones (excluding diaryl/α,β-unsaturated/α-hetero) is 1. The van der Waals surface area contributed by atoms with Gasteiger partial charge in [-0.3, -0.25) is 19.9 Å². The van der Waals surface area contributed by atoms with Crippen LogP contribution in [0.25, 0.3) is 11.1 Å². The van der Waals surface area contributed by atoms with E-state index in [0.29, 0.717) is 30.3 Å². The van der Waals surface area contributed by atoms with Crippen LogP contribution in [-0.4, -0.2) is 28.2 Å². The third-order valence-corrected chi connectivity index (χ3v) is 4.65. The molecule has 0 aliphatic rings. The molecule has 7 nitrogen and oxygen atoms in total. The molecule has 2 heterocycles. The number of hydrogen-bond acceptors (Lipinski definition) is 6. The summed E-state index contributed by atoms with van der Waals surface area (Å²) in [6, 6.07) is 9.94. The van der Waals surface area contributed by atoms with Crippen molar-refractivity contribution in [3.05, 3.63) is 65.6 Å². The van der Waals surface area contributed by atoms with Gasteiger partial charge in [0, 0.05) is 18.2 Å². The second-order valence-corrected chi connectivity index (χ2v) is 6.97. The van der Waals surface area contributed by atoms with Crippen LogP contribution in [0.2, 0.25) is 0 Å². The van der Waals surface area contributed by atoms with Gasteiger partial charge in [-0.15, -0.1) is 0 Å². The Morgan fingerprint density at radius 1 is 1.07 bits per heavy atom. The van der Waals surface area contributed by atoms with E-state index >= 15 is 0 Å². The van der Waals surface area contributed by atoms with Crippen LogP contribution in [0, 0.1) is 6.92 Å². The Morgan fingerprint density at radius 2 is 1.90 bits per heavy atom. The summed E-state index contributed by atoms with van der Waals surface area (Å²) in [4.78, 5) is 33.2. The van der Waals surface area contributed by atoms with Crippen molar-refractivity contribution in [3.8, 4) is 11.1 Å². The number of carbonyl (C=O) groups excluding carboxylic acids is 2. The molecule has 0 aliphatic heterocycles. The zero-order valence-corrected chi connectivity index (χ0v) is 17.5. The minimum absolute atomic E-state index is 0.0523. The second kappa shape index (κ2) is 9.93. The van der Waals surface area contributed by atoms with Crippen LogP contribution in [0.5, 0.6) is 0 Å². The van der Waals surface area contributed by atoms with Gasteiger partial charge in [0.05, 0.1) is 25.0 Å². The van der Waals surface area contributed by atoms with Crippen molar-refractivity contribution < 1.29 is 14.0 Å². The molecule has 0 fully saturated rings. The van der Waals surface area contributed by atoms with Gasteiger partial charge in [-0.25, -0.2) is 4.98 Å². The largest absolute Gasteiger partial charge is 0.445 e. The minimum Gasteiger partial charge on any atom is -0.445 e. The topological polar surface area (TPSA) is 97.1 Å². The Labute approximate surface area is 175 Å². The molecular formula is C23H26N4O3. The number of rotatable bonds is 9. The standard InChI is InChI=1S/C23H26N4O3/c1-4-16-7-6-8-17(9-16)18-10-19(23(26-12-18)20(28)5-2)27-21(29)13-24-14-22-25-11-15(3)30-22/h6-12,24H,4-5,13-14H2,1-3H3,(H,27,29). The van der Waals surface area contributed by atoms with Gasteiger partial charge >= 0.3 is 0 Å². The molecule has 30 heavy (non-hydrogen) atoms. The van der Waals surface area contributed by atoms with Crippen LogP contribution in [0.1, 0.15) is 48.0 Å². The summed E-state index contributed by atoms with van der Waals surface area (Å²) in [6.07, 6.45) is 4.54. The monoisotopic (exact) mass is 406 g/mol. The van der Waals surface area contributed by atoms with Crippen LogP contribution in [0.15, 0.2) is 47.1 Å². The summed E-state index contributed by atoms with van der Waals surface area (Å²) < 4.78 is 5.37. The summed E-state index contributed by atoms with van der Waals surface area (Å²) >= 11 is 0. The van der Waals surface area contributed by atoms with E-state index in [2.05, 4.69) is 39.7 Å². The number of amides is 1. The van der Waals surface area contributed by atoms with Crippen LogP contribution in [0.4, 0.5) is 5.69 Å². The van der Waals surface area contributed by atoms with Crippen molar-refractivity contribution in [3.63, 3.8) is 0 Å². The third kappa shape index (κ3) is 5.39. The molecule has 2 N–H and O–H groups in total. The Hall–Kier alpha value is -3.32. The molecule has 0 aliphatic carbocycles. The van der Waals surface area contributed by atoms with Crippen molar-refractivity contribution in [2.45, 2.75) is 40.2 Å². The molecular weight excluding hydrogens is 380 g/mol. The molecule has 0 spiro atoms. The van der Waals surface area contributed by atoms with E-state index in [4.69, 9.17) is 4.42 Å². The highest BCUT2D eigenvalue weighted by atomic mass is 16.4. The summed E-state index contributed by atoms with van der Waals surface area (Å²) in [7, 11) is 0.